The predicted molar refractivity (Wildman–Crippen MR) is 105 cm³/mol. The number of nitrogens with one attached hydrogen (secondary N) is 1. The highest BCUT2D eigenvalue weighted by Crippen LogP contribution is 2.25. The van der Waals surface area contributed by atoms with Gasteiger partial charge < -0.3 is 10.1 Å². The van der Waals surface area contributed by atoms with Crippen molar-refractivity contribution in [1.29, 1.82) is 0 Å². The van der Waals surface area contributed by atoms with Crippen LogP contribution in [0.15, 0.2) is 48.5 Å². The van der Waals surface area contributed by atoms with Gasteiger partial charge in [-0.05, 0) is 60.9 Å². The lowest BCUT2D eigenvalue weighted by atomic mass is 10.0. The highest BCUT2D eigenvalue weighted by molar-refractivity contribution is 5.37. The Morgan fingerprint density at radius 1 is 1.04 bits per heavy atom. The van der Waals surface area contributed by atoms with Crippen LogP contribution in [0.4, 0.5) is 0 Å². The number of ether oxygens (including phenoxy) is 1. The first-order valence-electron chi connectivity index (χ1n) is 9.87. The topological polar surface area (TPSA) is 21.3 Å². The van der Waals surface area contributed by atoms with Gasteiger partial charge in [0, 0.05) is 12.6 Å². The zero-order chi connectivity index (χ0) is 17.3. The molecule has 0 bridgehead atoms. The Labute approximate surface area is 152 Å². The molecular weight excluding hydrogens is 306 g/mol. The summed E-state index contributed by atoms with van der Waals surface area (Å²) >= 11 is 0. The molecule has 1 N–H and O–H groups in total. The zero-order valence-electron chi connectivity index (χ0n) is 15.5. The summed E-state index contributed by atoms with van der Waals surface area (Å²) in [6.07, 6.45) is 8.43. The molecule has 0 spiro atoms. The first kappa shape index (κ1) is 18.0. The number of fused-ring (bicyclic) bond motifs is 1. The summed E-state index contributed by atoms with van der Waals surface area (Å²) in [5.74, 6) is 1.04. The Kier molecular flexibility index (Phi) is 6.93. The lowest BCUT2D eigenvalue weighted by Gasteiger charge is -2.17. The van der Waals surface area contributed by atoms with Gasteiger partial charge in [0.05, 0.1) is 6.61 Å². The summed E-state index contributed by atoms with van der Waals surface area (Å²) in [5.41, 5.74) is 4.33. The summed E-state index contributed by atoms with van der Waals surface area (Å²) in [4.78, 5) is 0. The maximum Gasteiger partial charge on any atom is 0.119 e. The van der Waals surface area contributed by atoms with Crippen LogP contribution in [-0.2, 0) is 19.4 Å². The van der Waals surface area contributed by atoms with E-state index in [1.165, 1.54) is 48.8 Å². The molecule has 2 heteroatoms. The number of aryl methyl sites for hydroxylation is 1. The van der Waals surface area contributed by atoms with Crippen molar-refractivity contribution in [3.8, 4) is 5.75 Å². The molecule has 25 heavy (non-hydrogen) atoms. The van der Waals surface area contributed by atoms with Gasteiger partial charge in [-0.3, -0.25) is 0 Å². The van der Waals surface area contributed by atoms with Gasteiger partial charge in [0.15, 0.2) is 0 Å². The molecule has 2 aromatic rings. The molecular formula is C23H31NO. The van der Waals surface area contributed by atoms with E-state index >= 15 is 0 Å². The average molecular weight is 338 g/mol. The molecule has 1 atom stereocenters. The van der Waals surface area contributed by atoms with Gasteiger partial charge in [-0.1, -0.05) is 56.2 Å². The number of unbranched alkanes of at least 4 members (excludes halogenated alkanes) is 2. The van der Waals surface area contributed by atoms with Crippen molar-refractivity contribution in [1.82, 2.24) is 5.32 Å². The normalized spacial score (nSPS) is 16.9. The second-order valence-electron chi connectivity index (χ2n) is 7.15. The van der Waals surface area contributed by atoms with E-state index in [4.69, 9.17) is 4.74 Å². The van der Waals surface area contributed by atoms with Gasteiger partial charge >= 0.3 is 0 Å². The predicted octanol–water partition coefficient (Wildman–Crippen LogP) is 5.29. The lowest BCUT2D eigenvalue weighted by molar-refractivity contribution is 0.306. The fourth-order valence-corrected chi connectivity index (χ4v) is 3.61. The minimum absolute atomic E-state index is 0.553. The Hall–Kier alpha value is -1.80. The van der Waals surface area contributed by atoms with Crippen molar-refractivity contribution in [2.75, 3.05) is 6.61 Å². The second kappa shape index (κ2) is 9.62. The van der Waals surface area contributed by atoms with E-state index < -0.39 is 0 Å². The Morgan fingerprint density at radius 3 is 2.76 bits per heavy atom. The smallest absolute Gasteiger partial charge is 0.119 e. The highest BCUT2D eigenvalue weighted by atomic mass is 16.5. The molecule has 1 aliphatic carbocycles. The third-order valence-corrected chi connectivity index (χ3v) is 5.10. The monoisotopic (exact) mass is 337 g/mol. The molecule has 0 saturated heterocycles. The maximum absolute atomic E-state index is 5.96. The Balaban J connectivity index is 1.58. The quantitative estimate of drug-likeness (QED) is 0.522. The van der Waals surface area contributed by atoms with Crippen LogP contribution >= 0.6 is 0 Å². The van der Waals surface area contributed by atoms with Crippen molar-refractivity contribution >= 4 is 0 Å². The summed E-state index contributed by atoms with van der Waals surface area (Å²) in [7, 11) is 0. The molecule has 0 aromatic heterocycles. The van der Waals surface area contributed by atoms with E-state index in [9.17, 15) is 0 Å². The van der Waals surface area contributed by atoms with Crippen LogP contribution in [0.25, 0.3) is 0 Å². The van der Waals surface area contributed by atoms with E-state index in [-0.39, 0.29) is 0 Å². The summed E-state index contributed by atoms with van der Waals surface area (Å²) < 4.78 is 5.96. The fraction of sp³-hybridized carbons (Fsp3) is 0.478. The van der Waals surface area contributed by atoms with Crippen LogP contribution in [0, 0.1) is 0 Å². The molecule has 0 radical (unpaired) electrons. The molecule has 1 unspecified atom stereocenters. The van der Waals surface area contributed by atoms with Crippen LogP contribution in [0.1, 0.15) is 55.7 Å². The van der Waals surface area contributed by atoms with E-state index in [1.807, 2.05) is 0 Å². The molecule has 0 fully saturated rings. The van der Waals surface area contributed by atoms with Gasteiger partial charge in [0.25, 0.3) is 0 Å². The van der Waals surface area contributed by atoms with E-state index in [2.05, 4.69) is 60.8 Å². The first-order valence-corrected chi connectivity index (χ1v) is 9.87. The van der Waals surface area contributed by atoms with E-state index in [0.717, 1.165) is 31.7 Å². The molecule has 0 amide bonds. The van der Waals surface area contributed by atoms with Crippen LogP contribution < -0.4 is 10.1 Å². The Morgan fingerprint density at radius 2 is 1.92 bits per heavy atom. The van der Waals surface area contributed by atoms with Gasteiger partial charge in [-0.2, -0.15) is 0 Å². The lowest BCUT2D eigenvalue weighted by Crippen LogP contribution is -2.30. The summed E-state index contributed by atoms with van der Waals surface area (Å²) in [6.45, 7) is 4.02. The average Bonchev–Trinajstić information content (AvgIpc) is 2.86. The molecule has 2 aromatic carbocycles. The van der Waals surface area contributed by atoms with Crippen molar-refractivity contribution in [2.24, 2.45) is 0 Å². The van der Waals surface area contributed by atoms with E-state index in [1.54, 1.807) is 0 Å². The summed E-state index contributed by atoms with van der Waals surface area (Å²) in [5, 5.41) is 3.76. The molecule has 3 rings (SSSR count). The van der Waals surface area contributed by atoms with Crippen LogP contribution in [0.2, 0.25) is 0 Å². The number of rotatable bonds is 8. The van der Waals surface area contributed by atoms with Crippen molar-refractivity contribution in [2.45, 2.75) is 64.5 Å². The minimum Gasteiger partial charge on any atom is -0.494 e. The number of hydrogen-bond donors (Lipinski definition) is 1. The SMILES string of the molecule is CCCCCOc1ccc2c(c1)CC(NCc1ccccc1)CCC2. The first-order chi connectivity index (χ1) is 12.3. The van der Waals surface area contributed by atoms with Crippen LogP contribution in [0.5, 0.6) is 5.75 Å². The van der Waals surface area contributed by atoms with Crippen LogP contribution in [0.3, 0.4) is 0 Å². The van der Waals surface area contributed by atoms with Crippen molar-refractivity contribution in [3.63, 3.8) is 0 Å². The third kappa shape index (κ3) is 5.61. The maximum atomic E-state index is 5.96. The summed E-state index contributed by atoms with van der Waals surface area (Å²) in [6, 6.07) is 18.0. The molecule has 0 aliphatic heterocycles. The molecule has 0 saturated carbocycles. The van der Waals surface area contributed by atoms with Gasteiger partial charge in [-0.25, -0.2) is 0 Å². The minimum atomic E-state index is 0.553. The Bertz CT molecular complexity index is 638. The van der Waals surface area contributed by atoms with Gasteiger partial charge in [-0.15, -0.1) is 0 Å². The van der Waals surface area contributed by atoms with Crippen LogP contribution in [-0.4, -0.2) is 12.6 Å². The molecule has 2 nitrogen and oxygen atoms in total. The number of benzene rings is 2. The van der Waals surface area contributed by atoms with Gasteiger partial charge in [0.2, 0.25) is 0 Å². The molecule has 1 aliphatic rings. The second-order valence-corrected chi connectivity index (χ2v) is 7.15. The fourth-order valence-electron chi connectivity index (χ4n) is 3.61. The van der Waals surface area contributed by atoms with E-state index in [0.29, 0.717) is 6.04 Å². The third-order valence-electron chi connectivity index (χ3n) is 5.10. The largest absolute Gasteiger partial charge is 0.494 e. The van der Waals surface area contributed by atoms with Crippen molar-refractivity contribution < 1.29 is 4.74 Å². The molecule has 134 valence electrons. The highest BCUT2D eigenvalue weighted by Gasteiger charge is 2.17. The zero-order valence-corrected chi connectivity index (χ0v) is 15.5. The molecule has 0 heterocycles. The van der Waals surface area contributed by atoms with Crippen molar-refractivity contribution in [3.05, 3.63) is 65.2 Å². The van der Waals surface area contributed by atoms with Gasteiger partial charge in [0.1, 0.15) is 5.75 Å². The standard InChI is InChI=1S/C23H31NO/c1-2-3-7-15-25-23-14-13-20-11-8-12-22(16-21(20)17-23)24-18-19-9-5-4-6-10-19/h4-6,9-10,13-14,17,22,24H,2-3,7-8,11-12,15-16,18H2,1H3. The number of hydrogen-bond acceptors (Lipinski definition) is 2.